The van der Waals surface area contributed by atoms with E-state index in [-0.39, 0.29) is 23.6 Å². The minimum Gasteiger partial charge on any atom is -0.408 e. The van der Waals surface area contributed by atoms with Crippen molar-refractivity contribution in [2.24, 2.45) is 0 Å². The van der Waals surface area contributed by atoms with Gasteiger partial charge in [-0.1, -0.05) is 23.7 Å². The molecule has 140 valence electrons. The predicted molar refractivity (Wildman–Crippen MR) is 104 cm³/mol. The number of amides is 2. The molecule has 28 heavy (non-hydrogen) atoms. The average Bonchev–Trinajstić information content (AvgIpc) is 3.31. The van der Waals surface area contributed by atoms with Crippen molar-refractivity contribution in [3.63, 3.8) is 0 Å². The minimum absolute atomic E-state index is 0.211. The van der Waals surface area contributed by atoms with Gasteiger partial charge in [-0.15, -0.1) is 0 Å². The number of benzene rings is 2. The zero-order valence-electron chi connectivity index (χ0n) is 14.2. The largest absolute Gasteiger partial charge is 0.419 e. The number of nitrogens with one attached hydrogen (secondary N) is 4. The fraction of sp³-hybridized carbons (Fsp3) is 0. The molecule has 4 aromatic rings. The van der Waals surface area contributed by atoms with Gasteiger partial charge in [-0.3, -0.25) is 15.4 Å². The highest BCUT2D eigenvalue weighted by Crippen LogP contribution is 2.25. The summed E-state index contributed by atoms with van der Waals surface area (Å²) < 4.78 is 5.31. The lowest BCUT2D eigenvalue weighted by atomic mass is 10.2. The Morgan fingerprint density at radius 2 is 1.93 bits per heavy atom. The summed E-state index contributed by atoms with van der Waals surface area (Å²) in [5.41, 5.74) is 1.37. The second-order valence-electron chi connectivity index (χ2n) is 5.65. The molecular weight excluding hydrogens is 384 g/mol. The van der Waals surface area contributed by atoms with Crippen molar-refractivity contribution >= 4 is 46.5 Å². The monoisotopic (exact) mass is 396 g/mol. The standard InChI is InChI=1S/C18H13ClN6O3/c19-11-4-1-3-10(9-11)15(26)24-17-22-12-5-2-6-13(14(12)23-17)28-18(27)25-16-20-7-8-21-16/h1-9H,(H2,20,21,25,27)(H2,22,23,24,26). The number of carbonyl (C=O) groups excluding carboxylic acids is 2. The van der Waals surface area contributed by atoms with Gasteiger partial charge in [0.2, 0.25) is 11.9 Å². The SMILES string of the molecule is O=C(Nc1ncc[nH]1)Oc1cccc2nc(NC(=O)c3cccc(Cl)c3)[nH]c12. The highest BCUT2D eigenvalue weighted by atomic mass is 35.5. The molecule has 0 saturated heterocycles. The zero-order chi connectivity index (χ0) is 19.5. The fourth-order valence-corrected chi connectivity index (χ4v) is 2.70. The summed E-state index contributed by atoms with van der Waals surface area (Å²) in [7, 11) is 0. The molecule has 0 bridgehead atoms. The van der Waals surface area contributed by atoms with Gasteiger partial charge in [-0.25, -0.2) is 14.8 Å². The van der Waals surface area contributed by atoms with E-state index in [1.807, 2.05) is 0 Å². The second kappa shape index (κ2) is 7.41. The summed E-state index contributed by atoms with van der Waals surface area (Å²) in [5.74, 6) is 0.343. The Kier molecular flexibility index (Phi) is 4.65. The van der Waals surface area contributed by atoms with E-state index in [2.05, 4.69) is 30.6 Å². The first kappa shape index (κ1) is 17.6. The molecule has 0 fully saturated rings. The maximum Gasteiger partial charge on any atom is 0.419 e. The Bertz CT molecular complexity index is 1160. The smallest absolute Gasteiger partial charge is 0.408 e. The molecule has 10 heteroatoms. The number of aromatic nitrogens is 4. The van der Waals surface area contributed by atoms with Crippen molar-refractivity contribution in [1.29, 1.82) is 0 Å². The number of ether oxygens (including phenoxy) is 1. The molecular formula is C18H13ClN6O3. The summed E-state index contributed by atoms with van der Waals surface area (Å²) in [6, 6.07) is 11.5. The first-order chi connectivity index (χ1) is 13.6. The Morgan fingerprint density at radius 1 is 1.07 bits per heavy atom. The number of nitrogens with zero attached hydrogens (tertiary/aromatic N) is 2. The van der Waals surface area contributed by atoms with Crippen LogP contribution in [0.25, 0.3) is 11.0 Å². The zero-order valence-corrected chi connectivity index (χ0v) is 14.9. The summed E-state index contributed by atoms with van der Waals surface area (Å²) >= 11 is 5.91. The first-order valence-corrected chi connectivity index (χ1v) is 8.50. The molecule has 0 atom stereocenters. The lowest BCUT2D eigenvalue weighted by molar-refractivity contribution is 0.102. The Balaban J connectivity index is 1.53. The molecule has 2 aromatic heterocycles. The second-order valence-corrected chi connectivity index (χ2v) is 6.09. The number of halogens is 1. The number of carbonyl (C=O) groups is 2. The molecule has 0 aliphatic carbocycles. The molecule has 9 nitrogen and oxygen atoms in total. The lowest BCUT2D eigenvalue weighted by Gasteiger charge is -2.05. The molecule has 0 radical (unpaired) electrons. The molecule has 2 aromatic carbocycles. The van der Waals surface area contributed by atoms with Crippen LogP contribution in [-0.2, 0) is 0 Å². The molecule has 0 aliphatic heterocycles. The van der Waals surface area contributed by atoms with Gasteiger partial charge in [-0.05, 0) is 30.3 Å². The average molecular weight is 397 g/mol. The van der Waals surface area contributed by atoms with Gasteiger partial charge < -0.3 is 14.7 Å². The maximum atomic E-state index is 12.3. The van der Waals surface area contributed by atoms with Crippen molar-refractivity contribution in [2.45, 2.75) is 0 Å². The Hall–Kier alpha value is -3.85. The van der Waals surface area contributed by atoms with Crippen molar-refractivity contribution in [3.8, 4) is 5.75 Å². The van der Waals surface area contributed by atoms with Crippen LogP contribution >= 0.6 is 11.6 Å². The van der Waals surface area contributed by atoms with Crippen LogP contribution in [-0.4, -0.2) is 31.9 Å². The van der Waals surface area contributed by atoms with Gasteiger partial charge in [0.05, 0.1) is 5.52 Å². The summed E-state index contributed by atoms with van der Waals surface area (Å²) in [4.78, 5) is 38.2. The van der Waals surface area contributed by atoms with E-state index in [0.717, 1.165) is 0 Å². The summed E-state index contributed by atoms with van der Waals surface area (Å²) in [6.45, 7) is 0. The van der Waals surface area contributed by atoms with Crippen LogP contribution in [0.4, 0.5) is 16.7 Å². The molecule has 4 rings (SSSR count). The highest BCUT2D eigenvalue weighted by molar-refractivity contribution is 6.31. The van der Waals surface area contributed by atoms with Gasteiger partial charge in [0.15, 0.2) is 5.75 Å². The predicted octanol–water partition coefficient (Wildman–Crippen LogP) is 3.80. The van der Waals surface area contributed by atoms with Gasteiger partial charge in [0.25, 0.3) is 5.91 Å². The van der Waals surface area contributed by atoms with Gasteiger partial charge in [0.1, 0.15) is 5.52 Å². The third-order valence-corrected chi connectivity index (χ3v) is 3.96. The molecule has 0 saturated carbocycles. The number of fused-ring (bicyclic) bond motifs is 1. The molecule has 2 heterocycles. The van der Waals surface area contributed by atoms with Crippen LogP contribution in [0.1, 0.15) is 10.4 Å². The van der Waals surface area contributed by atoms with Crippen molar-refractivity contribution < 1.29 is 14.3 Å². The van der Waals surface area contributed by atoms with E-state index in [1.54, 1.807) is 48.7 Å². The van der Waals surface area contributed by atoms with Gasteiger partial charge in [0, 0.05) is 23.0 Å². The van der Waals surface area contributed by atoms with Crippen LogP contribution in [0.5, 0.6) is 5.75 Å². The van der Waals surface area contributed by atoms with E-state index in [0.29, 0.717) is 21.6 Å². The number of imidazole rings is 2. The van der Waals surface area contributed by atoms with E-state index >= 15 is 0 Å². The molecule has 0 unspecified atom stereocenters. The van der Waals surface area contributed by atoms with Crippen LogP contribution in [0, 0.1) is 0 Å². The van der Waals surface area contributed by atoms with Crippen LogP contribution < -0.4 is 15.4 Å². The quantitative estimate of drug-likeness (QED) is 0.417. The third kappa shape index (κ3) is 3.79. The van der Waals surface area contributed by atoms with Crippen molar-refractivity contribution in [3.05, 3.63) is 65.4 Å². The molecule has 4 N–H and O–H groups in total. The van der Waals surface area contributed by atoms with Crippen LogP contribution in [0.2, 0.25) is 5.02 Å². The van der Waals surface area contributed by atoms with Crippen LogP contribution in [0.3, 0.4) is 0 Å². The number of H-pyrrole nitrogens is 2. The van der Waals surface area contributed by atoms with Crippen LogP contribution in [0.15, 0.2) is 54.9 Å². The third-order valence-electron chi connectivity index (χ3n) is 3.72. The number of rotatable bonds is 4. The van der Waals surface area contributed by atoms with Gasteiger partial charge in [-0.2, -0.15) is 0 Å². The summed E-state index contributed by atoms with van der Waals surface area (Å²) in [6.07, 6.45) is 2.35. The normalized spacial score (nSPS) is 10.6. The van der Waals surface area contributed by atoms with Crippen molar-refractivity contribution in [2.75, 3.05) is 10.6 Å². The number of para-hydroxylation sites is 1. The topological polar surface area (TPSA) is 125 Å². The Morgan fingerprint density at radius 3 is 2.71 bits per heavy atom. The first-order valence-electron chi connectivity index (χ1n) is 8.12. The van der Waals surface area contributed by atoms with E-state index in [9.17, 15) is 9.59 Å². The van der Waals surface area contributed by atoms with E-state index in [1.165, 1.54) is 6.20 Å². The summed E-state index contributed by atoms with van der Waals surface area (Å²) in [5, 5.41) is 5.57. The number of hydrogen-bond donors (Lipinski definition) is 4. The number of aromatic amines is 2. The fourth-order valence-electron chi connectivity index (χ4n) is 2.51. The van der Waals surface area contributed by atoms with E-state index < -0.39 is 6.09 Å². The van der Waals surface area contributed by atoms with E-state index in [4.69, 9.17) is 16.3 Å². The number of hydrogen-bond acceptors (Lipinski definition) is 5. The van der Waals surface area contributed by atoms with Gasteiger partial charge >= 0.3 is 6.09 Å². The molecule has 0 aliphatic rings. The molecule has 0 spiro atoms. The maximum absolute atomic E-state index is 12.3. The Labute approximate surface area is 163 Å². The number of anilines is 2. The minimum atomic E-state index is -0.721. The lowest BCUT2D eigenvalue weighted by Crippen LogP contribution is -2.17. The van der Waals surface area contributed by atoms with Crippen molar-refractivity contribution in [1.82, 2.24) is 19.9 Å². The molecule has 2 amide bonds. The highest BCUT2D eigenvalue weighted by Gasteiger charge is 2.14.